The van der Waals surface area contributed by atoms with Crippen LogP contribution in [-0.4, -0.2) is 38.0 Å². The van der Waals surface area contributed by atoms with E-state index >= 15 is 0 Å². The van der Waals surface area contributed by atoms with Crippen LogP contribution >= 0.6 is 11.6 Å². The Hall–Kier alpha value is -1.24. The predicted octanol–water partition coefficient (Wildman–Crippen LogP) is 2.36. The molecule has 0 saturated carbocycles. The van der Waals surface area contributed by atoms with E-state index in [0.717, 1.165) is 6.54 Å². The van der Waals surface area contributed by atoms with E-state index in [2.05, 4.69) is 11.8 Å². The second kappa shape index (κ2) is 7.16. The molecule has 0 fully saturated rings. The first kappa shape index (κ1) is 13.8. The Bertz CT molecular complexity index is 423. The van der Waals surface area contributed by atoms with Crippen molar-refractivity contribution < 1.29 is 9.13 Å². The largest absolute Gasteiger partial charge is 0.492 e. The molecule has 0 atom stereocenters. The van der Waals surface area contributed by atoms with Crippen LogP contribution in [0.2, 0.25) is 0 Å². The van der Waals surface area contributed by atoms with E-state index in [1.54, 1.807) is 12.1 Å². The van der Waals surface area contributed by atoms with Crippen molar-refractivity contribution in [2.45, 2.75) is 0 Å². The van der Waals surface area contributed by atoms with Crippen molar-refractivity contribution in [3.05, 3.63) is 29.6 Å². The summed E-state index contributed by atoms with van der Waals surface area (Å²) in [6, 6.07) is 4.64. The molecule has 0 aliphatic heterocycles. The number of hydrogen-bond acceptors (Lipinski definition) is 2. The van der Waals surface area contributed by atoms with Gasteiger partial charge in [-0.05, 0) is 26.2 Å². The first-order valence-electron chi connectivity index (χ1n) is 5.25. The van der Waals surface area contributed by atoms with Crippen molar-refractivity contribution in [1.82, 2.24) is 4.90 Å². The molecule has 17 heavy (non-hydrogen) atoms. The van der Waals surface area contributed by atoms with Gasteiger partial charge in [0.2, 0.25) is 0 Å². The monoisotopic (exact) mass is 255 g/mol. The highest BCUT2D eigenvalue weighted by Crippen LogP contribution is 2.15. The number of likely N-dealkylation sites (N-methyl/N-ethyl adjacent to an activating group) is 1. The first-order valence-corrected chi connectivity index (χ1v) is 5.79. The normalized spacial score (nSPS) is 9.94. The van der Waals surface area contributed by atoms with Crippen molar-refractivity contribution in [1.29, 1.82) is 0 Å². The number of rotatable bonds is 4. The highest BCUT2D eigenvalue weighted by Gasteiger charge is 2.02. The average molecular weight is 256 g/mol. The SMILES string of the molecule is CN(C)CCOc1ccc(C#CCCl)c(F)c1. The Kier molecular flexibility index (Phi) is 5.82. The lowest BCUT2D eigenvalue weighted by Crippen LogP contribution is -2.19. The molecule has 0 N–H and O–H groups in total. The van der Waals surface area contributed by atoms with Crippen LogP contribution < -0.4 is 4.74 Å². The smallest absolute Gasteiger partial charge is 0.142 e. The van der Waals surface area contributed by atoms with Gasteiger partial charge < -0.3 is 9.64 Å². The fourth-order valence-corrected chi connectivity index (χ4v) is 1.23. The van der Waals surface area contributed by atoms with Crippen LogP contribution in [-0.2, 0) is 0 Å². The van der Waals surface area contributed by atoms with Crippen molar-refractivity contribution >= 4 is 11.6 Å². The summed E-state index contributed by atoms with van der Waals surface area (Å²) in [5.41, 5.74) is 0.339. The van der Waals surface area contributed by atoms with Crippen LogP contribution in [0.25, 0.3) is 0 Å². The predicted molar refractivity (Wildman–Crippen MR) is 68.0 cm³/mol. The van der Waals surface area contributed by atoms with E-state index in [4.69, 9.17) is 16.3 Å². The number of alkyl halides is 1. The number of halogens is 2. The Morgan fingerprint density at radius 1 is 1.41 bits per heavy atom. The van der Waals surface area contributed by atoms with Gasteiger partial charge in [0.15, 0.2) is 0 Å². The van der Waals surface area contributed by atoms with Crippen molar-refractivity contribution in [3.8, 4) is 17.6 Å². The highest BCUT2D eigenvalue weighted by atomic mass is 35.5. The minimum Gasteiger partial charge on any atom is -0.492 e. The van der Waals surface area contributed by atoms with Crippen molar-refractivity contribution in [3.63, 3.8) is 0 Å². The van der Waals surface area contributed by atoms with Gasteiger partial charge in [-0.2, -0.15) is 0 Å². The Balaban J connectivity index is 2.62. The third kappa shape index (κ3) is 5.08. The topological polar surface area (TPSA) is 12.5 Å². The van der Waals surface area contributed by atoms with Gasteiger partial charge in [0, 0.05) is 12.6 Å². The number of ether oxygens (including phenoxy) is 1. The summed E-state index contributed by atoms with van der Waals surface area (Å²) in [5, 5.41) is 0. The molecule has 4 heteroatoms. The summed E-state index contributed by atoms with van der Waals surface area (Å²) < 4.78 is 18.9. The maximum Gasteiger partial charge on any atom is 0.142 e. The molecule has 0 spiro atoms. The van der Waals surface area contributed by atoms with E-state index in [1.807, 2.05) is 19.0 Å². The van der Waals surface area contributed by atoms with Crippen LogP contribution in [0.4, 0.5) is 4.39 Å². The van der Waals surface area contributed by atoms with E-state index < -0.39 is 0 Å². The molecule has 0 aromatic heterocycles. The highest BCUT2D eigenvalue weighted by molar-refractivity contribution is 6.19. The van der Waals surface area contributed by atoms with Crippen LogP contribution in [0, 0.1) is 17.7 Å². The van der Waals surface area contributed by atoms with Crippen molar-refractivity contribution in [2.24, 2.45) is 0 Å². The Morgan fingerprint density at radius 3 is 2.76 bits per heavy atom. The first-order chi connectivity index (χ1) is 8.13. The maximum absolute atomic E-state index is 13.5. The second-order valence-electron chi connectivity index (χ2n) is 3.73. The van der Waals surface area contributed by atoms with Crippen LogP contribution in [0.5, 0.6) is 5.75 Å². The average Bonchev–Trinajstić information content (AvgIpc) is 2.27. The lowest BCUT2D eigenvalue weighted by Gasteiger charge is -2.11. The summed E-state index contributed by atoms with van der Waals surface area (Å²) in [5.74, 6) is 5.58. The zero-order valence-corrected chi connectivity index (χ0v) is 10.7. The fraction of sp³-hybridized carbons (Fsp3) is 0.385. The molecule has 0 saturated heterocycles. The third-order valence-corrected chi connectivity index (χ3v) is 2.17. The standard InChI is InChI=1S/C13H15ClFNO/c1-16(2)8-9-17-12-6-5-11(4-3-7-14)13(15)10-12/h5-6,10H,7-9H2,1-2H3. The van der Waals surface area contributed by atoms with Crippen LogP contribution in [0.3, 0.4) is 0 Å². The van der Waals surface area contributed by atoms with Crippen LogP contribution in [0.15, 0.2) is 18.2 Å². The summed E-state index contributed by atoms with van der Waals surface area (Å²) in [7, 11) is 3.91. The third-order valence-electron chi connectivity index (χ3n) is 2.04. The summed E-state index contributed by atoms with van der Waals surface area (Å²) >= 11 is 5.41. The number of benzene rings is 1. The number of nitrogens with zero attached hydrogens (tertiary/aromatic N) is 1. The Morgan fingerprint density at radius 2 is 2.18 bits per heavy atom. The van der Waals surface area contributed by atoms with Gasteiger partial charge >= 0.3 is 0 Å². The molecule has 0 heterocycles. The molecule has 0 bridgehead atoms. The molecule has 0 aliphatic rings. The molecule has 92 valence electrons. The maximum atomic E-state index is 13.5. The molecule has 1 aromatic carbocycles. The minimum absolute atomic E-state index is 0.195. The lowest BCUT2D eigenvalue weighted by molar-refractivity contribution is 0.260. The molecule has 1 aromatic rings. The molecule has 0 unspecified atom stereocenters. The molecule has 0 radical (unpaired) electrons. The summed E-state index contributed by atoms with van der Waals surface area (Å²) in [4.78, 5) is 2.00. The second-order valence-corrected chi connectivity index (χ2v) is 4.00. The molecular weight excluding hydrogens is 241 g/mol. The van der Waals surface area contributed by atoms with E-state index in [1.165, 1.54) is 6.07 Å². The van der Waals surface area contributed by atoms with Gasteiger partial charge in [-0.1, -0.05) is 11.8 Å². The fourth-order valence-electron chi connectivity index (χ4n) is 1.16. The van der Waals surface area contributed by atoms with E-state index in [9.17, 15) is 4.39 Å². The lowest BCUT2D eigenvalue weighted by atomic mass is 10.2. The zero-order valence-electron chi connectivity index (χ0n) is 9.96. The van der Waals surface area contributed by atoms with Gasteiger partial charge in [-0.25, -0.2) is 4.39 Å². The summed E-state index contributed by atoms with van der Waals surface area (Å²) in [6.45, 7) is 1.31. The molecule has 0 amide bonds. The molecular formula is C13H15ClFNO. The van der Waals surface area contributed by atoms with Gasteiger partial charge in [0.05, 0.1) is 11.4 Å². The van der Waals surface area contributed by atoms with E-state index in [0.29, 0.717) is 17.9 Å². The Labute approximate surface area is 106 Å². The quantitative estimate of drug-likeness (QED) is 0.605. The molecule has 0 aliphatic carbocycles. The van der Waals surface area contributed by atoms with Gasteiger partial charge in [0.1, 0.15) is 18.2 Å². The van der Waals surface area contributed by atoms with Gasteiger partial charge in [-0.3, -0.25) is 0 Å². The number of hydrogen-bond donors (Lipinski definition) is 0. The van der Waals surface area contributed by atoms with Crippen molar-refractivity contribution in [2.75, 3.05) is 33.1 Å². The minimum atomic E-state index is -0.384. The molecule has 1 rings (SSSR count). The van der Waals surface area contributed by atoms with E-state index in [-0.39, 0.29) is 11.7 Å². The van der Waals surface area contributed by atoms with Gasteiger partial charge in [-0.15, -0.1) is 11.6 Å². The molecule has 2 nitrogen and oxygen atoms in total. The van der Waals surface area contributed by atoms with Gasteiger partial charge in [0.25, 0.3) is 0 Å². The zero-order chi connectivity index (χ0) is 12.7. The van der Waals surface area contributed by atoms with Crippen LogP contribution in [0.1, 0.15) is 5.56 Å². The summed E-state index contributed by atoms with van der Waals surface area (Å²) in [6.07, 6.45) is 0.